The third kappa shape index (κ3) is 3.72. The first-order chi connectivity index (χ1) is 8.48. The molecule has 18 heavy (non-hydrogen) atoms. The standard InChI is InChI=1S/C10H16N4O4/c1-3-10(2,8(15)16)5-12-9(17)11-4-7-13-6-18-14-7/h6H,3-5H2,1-2H3,(H,15,16)(H2,11,12,17). The molecule has 100 valence electrons. The van der Waals surface area contributed by atoms with Gasteiger partial charge in [-0.3, -0.25) is 4.79 Å². The topological polar surface area (TPSA) is 117 Å². The number of nitrogens with zero attached hydrogens (tertiary/aromatic N) is 2. The monoisotopic (exact) mass is 256 g/mol. The Morgan fingerprint density at radius 1 is 1.50 bits per heavy atom. The molecule has 3 N–H and O–H groups in total. The van der Waals surface area contributed by atoms with E-state index < -0.39 is 17.4 Å². The summed E-state index contributed by atoms with van der Waals surface area (Å²) < 4.78 is 4.50. The fourth-order valence-corrected chi connectivity index (χ4v) is 1.12. The lowest BCUT2D eigenvalue weighted by molar-refractivity contribution is -0.147. The third-order valence-corrected chi connectivity index (χ3v) is 2.75. The van der Waals surface area contributed by atoms with E-state index in [0.29, 0.717) is 12.2 Å². The molecule has 8 nitrogen and oxygen atoms in total. The molecule has 0 spiro atoms. The number of aliphatic carboxylic acids is 1. The molecule has 0 aromatic carbocycles. The molecule has 1 aromatic rings. The molecule has 1 heterocycles. The summed E-state index contributed by atoms with van der Waals surface area (Å²) >= 11 is 0. The quantitative estimate of drug-likeness (QED) is 0.676. The minimum atomic E-state index is -0.969. The Morgan fingerprint density at radius 2 is 2.22 bits per heavy atom. The smallest absolute Gasteiger partial charge is 0.315 e. The average Bonchev–Trinajstić information content (AvgIpc) is 2.86. The Labute approximate surface area is 104 Å². The summed E-state index contributed by atoms with van der Waals surface area (Å²) in [5, 5.41) is 17.5. The van der Waals surface area contributed by atoms with Gasteiger partial charge in [0.25, 0.3) is 0 Å². The van der Waals surface area contributed by atoms with Crippen LogP contribution in [0.5, 0.6) is 0 Å². The number of carboxylic acid groups (broad SMARTS) is 1. The second kappa shape index (κ2) is 5.99. The van der Waals surface area contributed by atoms with E-state index >= 15 is 0 Å². The molecule has 0 fully saturated rings. The fraction of sp³-hybridized carbons (Fsp3) is 0.600. The van der Waals surface area contributed by atoms with Crippen LogP contribution in [0.4, 0.5) is 4.79 Å². The molecular formula is C10H16N4O4. The van der Waals surface area contributed by atoms with Crippen LogP contribution in [-0.4, -0.2) is 33.8 Å². The largest absolute Gasteiger partial charge is 0.481 e. The van der Waals surface area contributed by atoms with Gasteiger partial charge in [0, 0.05) is 6.54 Å². The highest BCUT2D eigenvalue weighted by molar-refractivity contribution is 5.77. The van der Waals surface area contributed by atoms with Crippen molar-refractivity contribution in [1.82, 2.24) is 20.8 Å². The highest BCUT2D eigenvalue weighted by atomic mass is 16.5. The first-order valence-corrected chi connectivity index (χ1v) is 5.48. The lowest BCUT2D eigenvalue weighted by atomic mass is 9.88. The summed E-state index contributed by atoms with van der Waals surface area (Å²) in [6.07, 6.45) is 1.58. The lowest BCUT2D eigenvalue weighted by Gasteiger charge is -2.23. The predicted molar refractivity (Wildman–Crippen MR) is 60.6 cm³/mol. The number of carbonyl (C=O) groups is 2. The zero-order valence-electron chi connectivity index (χ0n) is 10.3. The van der Waals surface area contributed by atoms with Gasteiger partial charge in [0.15, 0.2) is 5.82 Å². The maximum Gasteiger partial charge on any atom is 0.315 e. The molecule has 0 radical (unpaired) electrons. The Balaban J connectivity index is 2.34. The van der Waals surface area contributed by atoms with Gasteiger partial charge in [-0.15, -0.1) is 0 Å². The van der Waals surface area contributed by atoms with E-state index in [9.17, 15) is 9.59 Å². The van der Waals surface area contributed by atoms with Gasteiger partial charge in [-0.1, -0.05) is 12.1 Å². The molecular weight excluding hydrogens is 240 g/mol. The number of hydrogen-bond donors (Lipinski definition) is 3. The SMILES string of the molecule is CCC(C)(CNC(=O)NCc1ncon1)C(=O)O. The summed E-state index contributed by atoms with van der Waals surface area (Å²) in [5.41, 5.74) is -0.969. The highest BCUT2D eigenvalue weighted by Crippen LogP contribution is 2.19. The summed E-state index contributed by atoms with van der Waals surface area (Å²) in [6.45, 7) is 3.51. The number of aromatic nitrogens is 2. The van der Waals surface area contributed by atoms with Crippen LogP contribution in [-0.2, 0) is 11.3 Å². The first kappa shape index (κ1) is 13.9. The Kier molecular flexibility index (Phi) is 4.64. The molecule has 8 heteroatoms. The van der Waals surface area contributed by atoms with Crippen LogP contribution in [0.3, 0.4) is 0 Å². The molecule has 0 aliphatic heterocycles. The van der Waals surface area contributed by atoms with Crippen molar-refractivity contribution in [1.29, 1.82) is 0 Å². The van der Waals surface area contributed by atoms with E-state index in [0.717, 1.165) is 6.39 Å². The zero-order valence-corrected chi connectivity index (χ0v) is 10.3. The van der Waals surface area contributed by atoms with Crippen LogP contribution in [0.1, 0.15) is 26.1 Å². The molecule has 1 atom stereocenters. The van der Waals surface area contributed by atoms with Crippen molar-refractivity contribution in [2.24, 2.45) is 5.41 Å². The summed E-state index contributed by atoms with van der Waals surface area (Å²) in [7, 11) is 0. The van der Waals surface area contributed by atoms with E-state index in [1.54, 1.807) is 13.8 Å². The number of nitrogens with one attached hydrogen (secondary N) is 2. The molecule has 1 unspecified atom stereocenters. The van der Waals surface area contributed by atoms with E-state index in [4.69, 9.17) is 5.11 Å². The molecule has 0 aliphatic rings. The van der Waals surface area contributed by atoms with Crippen LogP contribution in [0, 0.1) is 5.41 Å². The number of carboxylic acids is 1. The molecule has 0 saturated heterocycles. The molecule has 2 amide bonds. The summed E-state index contributed by atoms with van der Waals surface area (Å²) in [4.78, 5) is 26.2. The minimum absolute atomic E-state index is 0.0525. The van der Waals surface area contributed by atoms with Crippen molar-refractivity contribution in [3.8, 4) is 0 Å². The van der Waals surface area contributed by atoms with Crippen molar-refractivity contribution >= 4 is 12.0 Å². The fourth-order valence-electron chi connectivity index (χ4n) is 1.12. The summed E-state index contributed by atoms with van der Waals surface area (Å²) in [5.74, 6) is -0.592. The molecule has 0 saturated carbocycles. The first-order valence-electron chi connectivity index (χ1n) is 5.48. The van der Waals surface area contributed by atoms with Gasteiger partial charge in [-0.2, -0.15) is 4.98 Å². The molecule has 0 aliphatic carbocycles. The minimum Gasteiger partial charge on any atom is -0.481 e. The van der Waals surface area contributed by atoms with Crippen molar-refractivity contribution in [2.75, 3.05) is 6.54 Å². The number of carbonyl (C=O) groups excluding carboxylic acids is 1. The van der Waals surface area contributed by atoms with Crippen molar-refractivity contribution in [3.63, 3.8) is 0 Å². The number of urea groups is 1. The van der Waals surface area contributed by atoms with Crippen LogP contribution >= 0.6 is 0 Å². The molecule has 1 rings (SSSR count). The zero-order chi connectivity index (χ0) is 13.6. The maximum atomic E-state index is 11.4. The molecule has 0 bridgehead atoms. The highest BCUT2D eigenvalue weighted by Gasteiger charge is 2.31. The van der Waals surface area contributed by atoms with Gasteiger partial charge in [-0.05, 0) is 13.3 Å². The summed E-state index contributed by atoms with van der Waals surface area (Å²) in [6, 6.07) is -0.472. The van der Waals surface area contributed by atoms with Gasteiger partial charge in [0.1, 0.15) is 0 Å². The van der Waals surface area contributed by atoms with E-state index in [1.165, 1.54) is 0 Å². The van der Waals surface area contributed by atoms with Crippen molar-refractivity contribution in [3.05, 3.63) is 12.2 Å². The lowest BCUT2D eigenvalue weighted by Crippen LogP contribution is -2.44. The van der Waals surface area contributed by atoms with Crippen molar-refractivity contribution in [2.45, 2.75) is 26.8 Å². The average molecular weight is 256 g/mol. The van der Waals surface area contributed by atoms with Crippen LogP contribution in [0.25, 0.3) is 0 Å². The van der Waals surface area contributed by atoms with Crippen LogP contribution in [0.2, 0.25) is 0 Å². The van der Waals surface area contributed by atoms with Gasteiger partial charge in [0.05, 0.1) is 12.0 Å². The third-order valence-electron chi connectivity index (χ3n) is 2.75. The second-order valence-electron chi connectivity index (χ2n) is 4.10. The number of rotatable bonds is 6. The Hall–Kier alpha value is -2.12. The van der Waals surface area contributed by atoms with Crippen molar-refractivity contribution < 1.29 is 19.2 Å². The maximum absolute atomic E-state index is 11.4. The normalized spacial score (nSPS) is 13.7. The van der Waals surface area contributed by atoms with E-state index in [-0.39, 0.29) is 13.1 Å². The number of hydrogen-bond acceptors (Lipinski definition) is 5. The van der Waals surface area contributed by atoms with Gasteiger partial charge in [0.2, 0.25) is 6.39 Å². The van der Waals surface area contributed by atoms with Crippen LogP contribution in [0.15, 0.2) is 10.9 Å². The van der Waals surface area contributed by atoms with Gasteiger partial charge in [-0.25, -0.2) is 4.79 Å². The second-order valence-corrected chi connectivity index (χ2v) is 4.10. The van der Waals surface area contributed by atoms with Gasteiger partial charge < -0.3 is 20.3 Å². The molecule has 1 aromatic heterocycles. The van der Waals surface area contributed by atoms with E-state index in [2.05, 4.69) is 25.3 Å². The van der Waals surface area contributed by atoms with Crippen LogP contribution < -0.4 is 10.6 Å². The predicted octanol–water partition coefficient (Wildman–Crippen LogP) is 0.370. The Bertz CT molecular complexity index is 406. The van der Waals surface area contributed by atoms with Gasteiger partial charge >= 0.3 is 12.0 Å². The Morgan fingerprint density at radius 3 is 2.72 bits per heavy atom. The van der Waals surface area contributed by atoms with E-state index in [1.807, 2.05) is 0 Å². The number of amides is 2.